The zero-order valence-electron chi connectivity index (χ0n) is 15.9. The van der Waals surface area contributed by atoms with Crippen molar-refractivity contribution < 1.29 is 18.7 Å². The maximum absolute atomic E-state index is 12.1. The Morgan fingerprint density at radius 3 is 2.66 bits per heavy atom. The molecular formula is C23H18O5S. The molecule has 0 bridgehead atoms. The van der Waals surface area contributed by atoms with Crippen LogP contribution in [0.4, 0.5) is 0 Å². The van der Waals surface area contributed by atoms with Gasteiger partial charge in [0.05, 0.1) is 19.3 Å². The van der Waals surface area contributed by atoms with Crippen LogP contribution in [0.5, 0.6) is 5.75 Å². The molecule has 0 N–H and O–H groups in total. The summed E-state index contributed by atoms with van der Waals surface area (Å²) in [5.41, 5.74) is 2.29. The van der Waals surface area contributed by atoms with E-state index in [2.05, 4.69) is 0 Å². The third kappa shape index (κ3) is 3.79. The van der Waals surface area contributed by atoms with Crippen molar-refractivity contribution in [1.29, 1.82) is 0 Å². The van der Waals surface area contributed by atoms with Crippen molar-refractivity contribution in [3.8, 4) is 26.6 Å². The van der Waals surface area contributed by atoms with Crippen LogP contribution in [0.25, 0.3) is 31.9 Å². The summed E-state index contributed by atoms with van der Waals surface area (Å²) >= 11 is 1.54. The van der Waals surface area contributed by atoms with E-state index in [9.17, 15) is 9.59 Å². The van der Waals surface area contributed by atoms with Gasteiger partial charge in [-0.05, 0) is 48.9 Å². The van der Waals surface area contributed by atoms with E-state index in [1.807, 2.05) is 42.5 Å². The lowest BCUT2D eigenvalue weighted by Gasteiger charge is -2.06. The number of hydrogen-bond acceptors (Lipinski definition) is 6. The fourth-order valence-corrected chi connectivity index (χ4v) is 4.16. The molecule has 0 aliphatic rings. The quantitative estimate of drug-likeness (QED) is 0.329. The van der Waals surface area contributed by atoms with E-state index < -0.39 is 5.63 Å². The summed E-state index contributed by atoms with van der Waals surface area (Å²) in [4.78, 5) is 26.0. The largest absolute Gasteiger partial charge is 0.497 e. The molecule has 5 nitrogen and oxygen atoms in total. The van der Waals surface area contributed by atoms with Crippen LogP contribution >= 0.6 is 11.3 Å². The molecule has 0 saturated heterocycles. The lowest BCUT2D eigenvalue weighted by atomic mass is 10.1. The second-order valence-corrected chi connectivity index (χ2v) is 7.39. The summed E-state index contributed by atoms with van der Waals surface area (Å²) < 4.78 is 15.6. The SMILES string of the molecule is CCOC(=O)c1cccc(-c2ccc(-c3cc(=O)oc4cc(OC)ccc34)s2)c1. The highest BCUT2D eigenvalue weighted by atomic mass is 32.1. The van der Waals surface area contributed by atoms with Crippen LogP contribution in [0.3, 0.4) is 0 Å². The van der Waals surface area contributed by atoms with Crippen LogP contribution in [-0.4, -0.2) is 19.7 Å². The maximum atomic E-state index is 12.1. The second-order valence-electron chi connectivity index (χ2n) is 6.31. The molecule has 146 valence electrons. The van der Waals surface area contributed by atoms with Gasteiger partial charge in [0.2, 0.25) is 0 Å². The van der Waals surface area contributed by atoms with E-state index in [0.29, 0.717) is 23.5 Å². The fraction of sp³-hybridized carbons (Fsp3) is 0.130. The molecule has 2 aromatic heterocycles. The predicted molar refractivity (Wildman–Crippen MR) is 114 cm³/mol. The van der Waals surface area contributed by atoms with Gasteiger partial charge in [0, 0.05) is 32.8 Å². The normalized spacial score (nSPS) is 10.8. The van der Waals surface area contributed by atoms with Crippen molar-refractivity contribution in [3.63, 3.8) is 0 Å². The van der Waals surface area contributed by atoms with E-state index in [1.165, 1.54) is 6.07 Å². The minimum Gasteiger partial charge on any atom is -0.497 e. The molecule has 0 unspecified atom stereocenters. The Kier molecular flexibility index (Phi) is 5.18. The number of methoxy groups -OCH3 is 1. The fourth-order valence-electron chi connectivity index (χ4n) is 3.13. The molecule has 0 spiro atoms. The van der Waals surface area contributed by atoms with Crippen LogP contribution in [0.2, 0.25) is 0 Å². The number of carbonyl (C=O) groups excluding carboxylic acids is 1. The number of benzene rings is 2. The third-order valence-corrected chi connectivity index (χ3v) is 5.65. The highest BCUT2D eigenvalue weighted by molar-refractivity contribution is 7.18. The summed E-state index contributed by atoms with van der Waals surface area (Å²) in [6, 6.07) is 18.2. The third-order valence-electron chi connectivity index (χ3n) is 4.48. The smallest absolute Gasteiger partial charge is 0.338 e. The van der Waals surface area contributed by atoms with E-state index >= 15 is 0 Å². The van der Waals surface area contributed by atoms with Gasteiger partial charge in [0.15, 0.2) is 0 Å². The van der Waals surface area contributed by atoms with Gasteiger partial charge in [-0.25, -0.2) is 9.59 Å². The van der Waals surface area contributed by atoms with Gasteiger partial charge in [0.1, 0.15) is 11.3 Å². The van der Waals surface area contributed by atoms with E-state index in [0.717, 1.165) is 26.3 Å². The van der Waals surface area contributed by atoms with E-state index in [4.69, 9.17) is 13.9 Å². The maximum Gasteiger partial charge on any atom is 0.338 e. The van der Waals surface area contributed by atoms with Gasteiger partial charge in [-0.3, -0.25) is 0 Å². The molecule has 0 aliphatic heterocycles. The molecule has 0 radical (unpaired) electrons. The zero-order chi connectivity index (χ0) is 20.4. The van der Waals surface area contributed by atoms with Gasteiger partial charge in [-0.1, -0.05) is 12.1 Å². The Morgan fingerprint density at radius 1 is 1.03 bits per heavy atom. The van der Waals surface area contributed by atoms with Gasteiger partial charge >= 0.3 is 11.6 Å². The van der Waals surface area contributed by atoms with E-state index in [-0.39, 0.29) is 5.97 Å². The van der Waals surface area contributed by atoms with Crippen LogP contribution < -0.4 is 10.4 Å². The van der Waals surface area contributed by atoms with Crippen molar-refractivity contribution >= 4 is 28.3 Å². The first-order valence-electron chi connectivity index (χ1n) is 9.08. The Balaban J connectivity index is 1.76. The van der Waals surface area contributed by atoms with Crippen molar-refractivity contribution in [2.75, 3.05) is 13.7 Å². The average molecular weight is 406 g/mol. The molecular weight excluding hydrogens is 388 g/mol. The number of ether oxygens (including phenoxy) is 2. The zero-order valence-corrected chi connectivity index (χ0v) is 16.7. The predicted octanol–water partition coefficient (Wildman–Crippen LogP) is 5.37. The Hall–Kier alpha value is -3.38. The van der Waals surface area contributed by atoms with Crippen LogP contribution in [0.1, 0.15) is 17.3 Å². The average Bonchev–Trinajstić information content (AvgIpc) is 3.23. The topological polar surface area (TPSA) is 65.7 Å². The minimum atomic E-state index is -0.417. The number of thiophene rings is 1. The Morgan fingerprint density at radius 2 is 1.86 bits per heavy atom. The molecule has 2 aromatic carbocycles. The first kappa shape index (κ1) is 19.0. The summed E-state index contributed by atoms with van der Waals surface area (Å²) in [5.74, 6) is 0.284. The van der Waals surface area contributed by atoms with E-state index in [1.54, 1.807) is 37.5 Å². The molecule has 6 heteroatoms. The van der Waals surface area contributed by atoms with Gasteiger partial charge in [0.25, 0.3) is 0 Å². The molecule has 0 saturated carbocycles. The standard InChI is InChI=1S/C23H18O5S/c1-3-27-23(25)15-6-4-5-14(11-15)20-9-10-21(29-20)18-13-22(24)28-19-12-16(26-2)7-8-17(18)19/h4-13H,3H2,1-2H3. The summed E-state index contributed by atoms with van der Waals surface area (Å²) in [6.45, 7) is 2.12. The molecule has 4 aromatic rings. The minimum absolute atomic E-state index is 0.334. The highest BCUT2D eigenvalue weighted by Gasteiger charge is 2.13. The van der Waals surface area contributed by atoms with Gasteiger partial charge in [-0.2, -0.15) is 0 Å². The first-order chi connectivity index (χ1) is 14.1. The summed E-state index contributed by atoms with van der Waals surface area (Å²) in [7, 11) is 1.57. The van der Waals surface area contributed by atoms with Crippen LogP contribution in [-0.2, 0) is 4.74 Å². The Labute approximate surface area is 171 Å². The monoisotopic (exact) mass is 406 g/mol. The molecule has 2 heterocycles. The molecule has 0 amide bonds. The molecule has 0 aliphatic carbocycles. The van der Waals surface area contributed by atoms with Crippen molar-refractivity contribution in [2.45, 2.75) is 6.92 Å². The number of fused-ring (bicyclic) bond motifs is 1. The van der Waals surface area contributed by atoms with Crippen molar-refractivity contribution in [1.82, 2.24) is 0 Å². The molecule has 29 heavy (non-hydrogen) atoms. The van der Waals surface area contributed by atoms with Crippen molar-refractivity contribution in [2.24, 2.45) is 0 Å². The number of carbonyl (C=O) groups is 1. The summed E-state index contributed by atoms with van der Waals surface area (Å²) in [6.07, 6.45) is 0. The second kappa shape index (κ2) is 7.93. The number of rotatable bonds is 5. The lowest BCUT2D eigenvalue weighted by molar-refractivity contribution is 0.0526. The van der Waals surface area contributed by atoms with Crippen molar-refractivity contribution in [3.05, 3.63) is 76.6 Å². The molecule has 0 fully saturated rings. The lowest BCUT2D eigenvalue weighted by Crippen LogP contribution is -2.04. The van der Waals surface area contributed by atoms with Gasteiger partial charge < -0.3 is 13.9 Å². The molecule has 4 rings (SSSR count). The number of hydrogen-bond donors (Lipinski definition) is 0. The van der Waals surface area contributed by atoms with Gasteiger partial charge in [-0.15, -0.1) is 11.3 Å². The first-order valence-corrected chi connectivity index (χ1v) is 9.90. The number of esters is 1. The Bertz CT molecular complexity index is 1250. The highest BCUT2D eigenvalue weighted by Crippen LogP contribution is 2.38. The molecule has 0 atom stereocenters. The van der Waals surface area contributed by atoms with Crippen LogP contribution in [0, 0.1) is 0 Å². The van der Waals surface area contributed by atoms with Crippen LogP contribution in [0.15, 0.2) is 69.9 Å². The summed E-state index contributed by atoms with van der Waals surface area (Å²) in [5, 5.41) is 0.832.